The second-order valence-corrected chi connectivity index (χ2v) is 3.88. The molecule has 0 aliphatic carbocycles. The van der Waals surface area contributed by atoms with Crippen LogP contribution in [0.15, 0.2) is 24.3 Å². The monoisotopic (exact) mass is 195 g/mol. The summed E-state index contributed by atoms with van der Waals surface area (Å²) in [4.78, 5) is 0. The van der Waals surface area contributed by atoms with Crippen LogP contribution in [0.3, 0.4) is 0 Å². The Labute approximate surface area is 82.8 Å². The number of hydrogen-bond acceptors (Lipinski definition) is 2. The molecule has 0 unspecified atom stereocenters. The highest BCUT2D eigenvalue weighted by Crippen LogP contribution is 2.30. The van der Waals surface area contributed by atoms with Crippen molar-refractivity contribution >= 4 is 0 Å². The van der Waals surface area contributed by atoms with E-state index in [-0.39, 0.29) is 17.8 Å². The van der Waals surface area contributed by atoms with Gasteiger partial charge in [-0.05, 0) is 30.7 Å². The van der Waals surface area contributed by atoms with Crippen LogP contribution in [0.4, 0.5) is 4.39 Å². The fraction of sp³-hybridized carbons (Fsp3) is 0.455. The SMILES string of the molecule is OC[C@@]1(c2cccc(F)c2)CCNC1. The molecular weight excluding hydrogens is 181 g/mol. The molecule has 1 aromatic rings. The second-order valence-electron chi connectivity index (χ2n) is 3.88. The van der Waals surface area contributed by atoms with Crippen molar-refractivity contribution in [2.45, 2.75) is 11.8 Å². The zero-order valence-corrected chi connectivity index (χ0v) is 7.96. The van der Waals surface area contributed by atoms with E-state index in [2.05, 4.69) is 5.32 Å². The van der Waals surface area contributed by atoms with E-state index in [1.165, 1.54) is 12.1 Å². The Hall–Kier alpha value is -0.930. The molecule has 0 bridgehead atoms. The number of nitrogens with one attached hydrogen (secondary N) is 1. The first-order valence-corrected chi connectivity index (χ1v) is 4.84. The zero-order valence-electron chi connectivity index (χ0n) is 7.96. The van der Waals surface area contributed by atoms with Gasteiger partial charge in [-0.3, -0.25) is 0 Å². The number of hydrogen-bond donors (Lipinski definition) is 2. The Bertz CT molecular complexity index is 321. The Morgan fingerprint density at radius 3 is 2.93 bits per heavy atom. The molecule has 76 valence electrons. The first-order valence-electron chi connectivity index (χ1n) is 4.84. The molecule has 0 spiro atoms. The Kier molecular flexibility index (Phi) is 2.52. The van der Waals surface area contributed by atoms with E-state index >= 15 is 0 Å². The summed E-state index contributed by atoms with van der Waals surface area (Å²) in [7, 11) is 0. The Morgan fingerprint density at radius 2 is 2.36 bits per heavy atom. The first-order chi connectivity index (χ1) is 6.77. The molecule has 2 N–H and O–H groups in total. The standard InChI is InChI=1S/C11H14FNO/c12-10-3-1-2-9(6-10)11(8-14)4-5-13-7-11/h1-3,6,13-14H,4-5,7-8H2/t11-/m1/s1. The average Bonchev–Trinajstić information content (AvgIpc) is 2.67. The van der Waals surface area contributed by atoms with Crippen molar-refractivity contribution in [2.24, 2.45) is 0 Å². The quantitative estimate of drug-likeness (QED) is 0.739. The van der Waals surface area contributed by atoms with Gasteiger partial charge in [-0.1, -0.05) is 12.1 Å². The van der Waals surface area contributed by atoms with Gasteiger partial charge in [-0.2, -0.15) is 0 Å². The lowest BCUT2D eigenvalue weighted by molar-refractivity contribution is 0.205. The van der Waals surface area contributed by atoms with Crippen LogP contribution in [-0.4, -0.2) is 24.8 Å². The van der Waals surface area contributed by atoms with Crippen molar-refractivity contribution in [3.05, 3.63) is 35.6 Å². The average molecular weight is 195 g/mol. The largest absolute Gasteiger partial charge is 0.395 e. The van der Waals surface area contributed by atoms with Crippen LogP contribution in [0.2, 0.25) is 0 Å². The van der Waals surface area contributed by atoms with Crippen LogP contribution < -0.4 is 5.32 Å². The number of benzene rings is 1. The summed E-state index contributed by atoms with van der Waals surface area (Å²) < 4.78 is 13.0. The number of aliphatic hydroxyl groups is 1. The molecule has 0 saturated carbocycles. The molecule has 1 aromatic carbocycles. The maximum atomic E-state index is 13.0. The molecule has 1 aliphatic heterocycles. The van der Waals surface area contributed by atoms with Gasteiger partial charge in [0, 0.05) is 12.0 Å². The predicted molar refractivity (Wildman–Crippen MR) is 52.7 cm³/mol. The molecule has 3 heteroatoms. The molecule has 0 amide bonds. The van der Waals surface area contributed by atoms with Crippen LogP contribution >= 0.6 is 0 Å². The highest BCUT2D eigenvalue weighted by Gasteiger charge is 2.34. The summed E-state index contributed by atoms with van der Waals surface area (Å²) >= 11 is 0. The molecule has 1 heterocycles. The van der Waals surface area contributed by atoms with E-state index in [9.17, 15) is 9.50 Å². The molecule has 0 radical (unpaired) electrons. The van der Waals surface area contributed by atoms with Crippen molar-refractivity contribution < 1.29 is 9.50 Å². The van der Waals surface area contributed by atoms with Gasteiger partial charge in [-0.15, -0.1) is 0 Å². The third kappa shape index (κ3) is 1.53. The van der Waals surface area contributed by atoms with E-state index < -0.39 is 0 Å². The van der Waals surface area contributed by atoms with Gasteiger partial charge >= 0.3 is 0 Å². The zero-order chi connectivity index (χ0) is 10.0. The van der Waals surface area contributed by atoms with Gasteiger partial charge in [0.15, 0.2) is 0 Å². The number of rotatable bonds is 2. The number of halogens is 1. The third-order valence-electron chi connectivity index (χ3n) is 2.98. The highest BCUT2D eigenvalue weighted by atomic mass is 19.1. The van der Waals surface area contributed by atoms with Crippen molar-refractivity contribution in [1.29, 1.82) is 0 Å². The molecule has 1 saturated heterocycles. The summed E-state index contributed by atoms with van der Waals surface area (Å²) in [6.07, 6.45) is 0.868. The molecule has 2 rings (SSSR count). The van der Waals surface area contributed by atoms with Gasteiger partial charge in [0.1, 0.15) is 5.82 Å². The fourth-order valence-electron chi connectivity index (χ4n) is 2.03. The summed E-state index contributed by atoms with van der Waals surface area (Å²) in [5, 5.41) is 12.6. The molecule has 1 aliphatic rings. The van der Waals surface area contributed by atoms with Crippen LogP contribution in [0.25, 0.3) is 0 Å². The summed E-state index contributed by atoms with van der Waals surface area (Å²) in [6, 6.07) is 6.52. The van der Waals surface area contributed by atoms with E-state index in [4.69, 9.17) is 0 Å². The van der Waals surface area contributed by atoms with Gasteiger partial charge in [0.05, 0.1) is 6.61 Å². The normalized spacial score (nSPS) is 26.7. The minimum absolute atomic E-state index is 0.0729. The van der Waals surface area contributed by atoms with E-state index in [0.717, 1.165) is 25.1 Å². The molecule has 1 fully saturated rings. The molecule has 14 heavy (non-hydrogen) atoms. The van der Waals surface area contributed by atoms with Crippen molar-refractivity contribution in [3.63, 3.8) is 0 Å². The Morgan fingerprint density at radius 1 is 1.50 bits per heavy atom. The van der Waals surface area contributed by atoms with Crippen LogP contribution in [0.1, 0.15) is 12.0 Å². The minimum atomic E-state index is -0.276. The van der Waals surface area contributed by atoms with Crippen LogP contribution in [0, 0.1) is 5.82 Å². The second kappa shape index (κ2) is 3.67. The molecule has 2 nitrogen and oxygen atoms in total. The smallest absolute Gasteiger partial charge is 0.123 e. The van der Waals surface area contributed by atoms with Crippen LogP contribution in [-0.2, 0) is 5.41 Å². The lowest BCUT2D eigenvalue weighted by Crippen LogP contribution is -2.33. The van der Waals surface area contributed by atoms with Crippen LogP contribution in [0.5, 0.6) is 0 Å². The van der Waals surface area contributed by atoms with Gasteiger partial charge in [0.2, 0.25) is 0 Å². The molecule has 0 aromatic heterocycles. The predicted octanol–water partition coefficient (Wildman–Crippen LogP) is 1.05. The van der Waals surface area contributed by atoms with E-state index in [0.29, 0.717) is 0 Å². The lowest BCUT2D eigenvalue weighted by Gasteiger charge is -2.26. The lowest BCUT2D eigenvalue weighted by atomic mass is 9.80. The third-order valence-corrected chi connectivity index (χ3v) is 2.98. The fourth-order valence-corrected chi connectivity index (χ4v) is 2.03. The molecular formula is C11H14FNO. The highest BCUT2D eigenvalue weighted by molar-refractivity contribution is 5.28. The van der Waals surface area contributed by atoms with Crippen molar-refractivity contribution in [1.82, 2.24) is 5.32 Å². The van der Waals surface area contributed by atoms with Crippen molar-refractivity contribution in [3.8, 4) is 0 Å². The van der Waals surface area contributed by atoms with Gasteiger partial charge in [-0.25, -0.2) is 4.39 Å². The molecule has 1 atom stereocenters. The number of aliphatic hydroxyl groups excluding tert-OH is 1. The minimum Gasteiger partial charge on any atom is -0.395 e. The summed E-state index contributed by atoms with van der Waals surface area (Å²) in [5.41, 5.74) is 0.618. The first kappa shape index (κ1) is 9.62. The Balaban J connectivity index is 2.35. The van der Waals surface area contributed by atoms with Gasteiger partial charge in [0.25, 0.3) is 0 Å². The van der Waals surface area contributed by atoms with E-state index in [1.807, 2.05) is 6.07 Å². The maximum Gasteiger partial charge on any atom is 0.123 e. The van der Waals surface area contributed by atoms with E-state index in [1.54, 1.807) is 6.07 Å². The maximum absolute atomic E-state index is 13.0. The van der Waals surface area contributed by atoms with Crippen molar-refractivity contribution in [2.75, 3.05) is 19.7 Å². The summed E-state index contributed by atoms with van der Waals surface area (Å²) in [6.45, 7) is 1.69. The topological polar surface area (TPSA) is 32.3 Å². The van der Waals surface area contributed by atoms with Gasteiger partial charge < -0.3 is 10.4 Å². The summed E-state index contributed by atoms with van der Waals surface area (Å²) in [5.74, 6) is -0.234.